The first kappa shape index (κ1) is 23.3. The van der Waals surface area contributed by atoms with Gasteiger partial charge in [0, 0.05) is 30.6 Å². The summed E-state index contributed by atoms with van der Waals surface area (Å²) in [6.07, 6.45) is -0.197. The van der Waals surface area contributed by atoms with Crippen molar-refractivity contribution in [1.82, 2.24) is 9.97 Å². The maximum atomic E-state index is 12.3. The lowest BCUT2D eigenvalue weighted by Crippen LogP contribution is -2.40. The minimum Gasteiger partial charge on any atom is -0.508 e. The molecule has 0 amide bonds. The van der Waals surface area contributed by atoms with Crippen molar-refractivity contribution in [2.75, 3.05) is 43.2 Å². The van der Waals surface area contributed by atoms with Crippen LogP contribution in [-0.4, -0.2) is 54.5 Å². The number of morpholine rings is 1. The van der Waals surface area contributed by atoms with Crippen LogP contribution in [0.5, 0.6) is 11.5 Å². The number of aromatic nitrogens is 2. The van der Waals surface area contributed by atoms with Gasteiger partial charge in [-0.05, 0) is 32.0 Å². The van der Waals surface area contributed by atoms with Gasteiger partial charge in [-0.2, -0.15) is 0 Å². The third-order valence-corrected chi connectivity index (χ3v) is 6.90. The first-order chi connectivity index (χ1) is 16.8. The van der Waals surface area contributed by atoms with Gasteiger partial charge in [-0.25, -0.2) is 9.97 Å². The number of thiophene rings is 1. The standard InChI is InChI=1S/C25H26N4O5S/c1-14(2)34-22-19(20(31)21(22)32)28(3)13-17-12-18-23(35-17)25(29-7-9-33-10-8-29)27-24(26-18)15-5-4-6-16(30)11-15/h4-6,11-12,14,30H,7-10,13H2,1-3H3. The van der Waals surface area contributed by atoms with Gasteiger partial charge in [-0.1, -0.05) is 12.1 Å². The van der Waals surface area contributed by atoms with Gasteiger partial charge in [-0.3, -0.25) is 9.59 Å². The van der Waals surface area contributed by atoms with Crippen molar-refractivity contribution < 1.29 is 14.6 Å². The molecule has 1 saturated heterocycles. The van der Waals surface area contributed by atoms with Crippen molar-refractivity contribution in [2.45, 2.75) is 26.5 Å². The van der Waals surface area contributed by atoms with Crippen LogP contribution >= 0.6 is 11.3 Å². The molecule has 0 saturated carbocycles. The van der Waals surface area contributed by atoms with E-state index in [4.69, 9.17) is 19.4 Å². The Labute approximate surface area is 205 Å². The highest BCUT2D eigenvalue weighted by molar-refractivity contribution is 7.19. The van der Waals surface area contributed by atoms with Crippen LogP contribution in [0.25, 0.3) is 21.6 Å². The number of hydrogen-bond donors (Lipinski definition) is 1. The molecule has 10 heteroatoms. The van der Waals surface area contributed by atoms with Gasteiger partial charge in [0.05, 0.1) is 36.1 Å². The molecule has 1 fully saturated rings. The van der Waals surface area contributed by atoms with Crippen molar-refractivity contribution in [1.29, 1.82) is 0 Å². The molecule has 0 aliphatic carbocycles. The molecule has 1 aliphatic rings. The second-order valence-electron chi connectivity index (χ2n) is 8.81. The Kier molecular flexibility index (Phi) is 6.16. The SMILES string of the molecule is CC(C)Oc1c(N(C)Cc2cc3nc(-c4cccc(O)c4)nc(N4CCOCC4)c3s2)c(=O)c1=O. The largest absolute Gasteiger partial charge is 0.508 e. The molecule has 1 N–H and O–H groups in total. The van der Waals surface area contributed by atoms with Crippen molar-refractivity contribution in [3.05, 3.63) is 55.7 Å². The number of ether oxygens (including phenoxy) is 2. The van der Waals surface area contributed by atoms with E-state index in [1.54, 1.807) is 41.5 Å². The Morgan fingerprint density at radius 2 is 1.94 bits per heavy atom. The number of aromatic hydroxyl groups is 1. The molecule has 35 heavy (non-hydrogen) atoms. The summed E-state index contributed by atoms with van der Waals surface area (Å²) < 4.78 is 12.1. The number of fused-ring (bicyclic) bond motifs is 1. The fourth-order valence-corrected chi connectivity index (χ4v) is 5.34. The van der Waals surface area contributed by atoms with Crippen molar-refractivity contribution in [2.24, 2.45) is 0 Å². The molecule has 182 valence electrons. The number of hydrogen-bond acceptors (Lipinski definition) is 10. The predicted octanol–water partition coefficient (Wildman–Crippen LogP) is 2.92. The van der Waals surface area contributed by atoms with E-state index in [0.29, 0.717) is 31.3 Å². The van der Waals surface area contributed by atoms with Crippen LogP contribution < -0.4 is 25.4 Å². The highest BCUT2D eigenvalue weighted by Gasteiger charge is 2.27. The van der Waals surface area contributed by atoms with E-state index in [1.165, 1.54) is 0 Å². The molecular formula is C25H26N4O5S. The summed E-state index contributed by atoms with van der Waals surface area (Å²) >= 11 is 1.56. The molecule has 2 aromatic heterocycles. The van der Waals surface area contributed by atoms with Crippen LogP contribution in [0, 0.1) is 0 Å². The third-order valence-electron chi connectivity index (χ3n) is 5.79. The first-order valence-corrected chi connectivity index (χ1v) is 12.3. The van der Waals surface area contributed by atoms with Crippen LogP contribution in [0.15, 0.2) is 39.9 Å². The lowest BCUT2D eigenvalue weighted by molar-refractivity contribution is 0.122. The summed E-state index contributed by atoms with van der Waals surface area (Å²) in [5.74, 6) is 1.64. The smallest absolute Gasteiger partial charge is 0.272 e. The fourth-order valence-electron chi connectivity index (χ4n) is 4.17. The van der Waals surface area contributed by atoms with E-state index in [1.807, 2.05) is 26.0 Å². The van der Waals surface area contributed by atoms with Crippen LogP contribution in [0.3, 0.4) is 0 Å². The third kappa shape index (κ3) is 4.46. The molecule has 0 bridgehead atoms. The molecule has 9 nitrogen and oxygen atoms in total. The maximum absolute atomic E-state index is 12.3. The molecule has 1 aliphatic heterocycles. The van der Waals surface area contributed by atoms with Gasteiger partial charge in [0.2, 0.25) is 0 Å². The summed E-state index contributed by atoms with van der Waals surface area (Å²) in [7, 11) is 1.78. The molecule has 0 radical (unpaired) electrons. The lowest BCUT2D eigenvalue weighted by Gasteiger charge is -2.28. The van der Waals surface area contributed by atoms with E-state index < -0.39 is 10.9 Å². The average Bonchev–Trinajstić information content (AvgIpc) is 3.25. The molecule has 0 unspecified atom stereocenters. The summed E-state index contributed by atoms with van der Waals surface area (Å²) in [5, 5.41) is 9.95. The highest BCUT2D eigenvalue weighted by Crippen LogP contribution is 2.36. The van der Waals surface area contributed by atoms with Crippen LogP contribution in [0.1, 0.15) is 18.7 Å². The van der Waals surface area contributed by atoms with Gasteiger partial charge in [0.1, 0.15) is 11.4 Å². The maximum Gasteiger partial charge on any atom is 0.272 e. The normalized spacial score (nSPS) is 14.2. The predicted molar refractivity (Wildman–Crippen MR) is 137 cm³/mol. The number of phenolic OH excluding ortho intramolecular Hbond substituents is 1. The van der Waals surface area contributed by atoms with Crippen LogP contribution in [-0.2, 0) is 11.3 Å². The average molecular weight is 495 g/mol. The van der Waals surface area contributed by atoms with E-state index in [9.17, 15) is 14.7 Å². The second-order valence-corrected chi connectivity index (χ2v) is 9.94. The quantitative estimate of drug-likeness (QED) is 0.388. The number of rotatable bonds is 7. The van der Waals surface area contributed by atoms with Gasteiger partial charge in [0.15, 0.2) is 17.4 Å². The monoisotopic (exact) mass is 494 g/mol. The molecule has 0 atom stereocenters. The number of nitrogens with zero attached hydrogens (tertiary/aromatic N) is 4. The molecule has 2 aromatic carbocycles. The minimum atomic E-state index is -0.576. The van der Waals surface area contributed by atoms with Gasteiger partial charge >= 0.3 is 0 Å². The number of phenols is 1. The highest BCUT2D eigenvalue weighted by atomic mass is 32.1. The van der Waals surface area contributed by atoms with Crippen LogP contribution in [0.2, 0.25) is 0 Å². The summed E-state index contributed by atoms with van der Waals surface area (Å²) in [4.78, 5) is 38.9. The lowest BCUT2D eigenvalue weighted by atomic mass is 10.2. The fraction of sp³-hybridized carbons (Fsp3) is 0.360. The molecular weight excluding hydrogens is 468 g/mol. The molecule has 3 heterocycles. The zero-order chi connectivity index (χ0) is 24.7. The minimum absolute atomic E-state index is 0.133. The van der Waals surface area contributed by atoms with E-state index in [-0.39, 0.29) is 17.6 Å². The zero-order valence-electron chi connectivity index (χ0n) is 19.8. The molecule has 5 rings (SSSR count). The number of benzene rings is 1. The van der Waals surface area contributed by atoms with Gasteiger partial charge in [-0.15, -0.1) is 11.3 Å². The van der Waals surface area contributed by atoms with Crippen molar-refractivity contribution in [3.8, 4) is 22.9 Å². The van der Waals surface area contributed by atoms with Gasteiger partial charge < -0.3 is 24.4 Å². The Morgan fingerprint density at radius 1 is 1.17 bits per heavy atom. The van der Waals surface area contributed by atoms with Crippen LogP contribution in [0.4, 0.5) is 11.5 Å². The topological polar surface area (TPSA) is 105 Å². The van der Waals surface area contributed by atoms with E-state index in [0.717, 1.165) is 39.6 Å². The Bertz CT molecular complexity index is 1450. The Morgan fingerprint density at radius 3 is 2.66 bits per heavy atom. The Hall–Kier alpha value is -3.50. The van der Waals surface area contributed by atoms with Crippen molar-refractivity contribution in [3.63, 3.8) is 0 Å². The summed E-state index contributed by atoms with van der Waals surface area (Å²) in [5.41, 5.74) is 0.723. The van der Waals surface area contributed by atoms with E-state index in [2.05, 4.69) is 4.90 Å². The second kappa shape index (κ2) is 9.27. The molecule has 0 spiro atoms. The molecule has 4 aromatic rings. The van der Waals surface area contributed by atoms with E-state index >= 15 is 0 Å². The van der Waals surface area contributed by atoms with Gasteiger partial charge in [0.25, 0.3) is 10.9 Å². The first-order valence-electron chi connectivity index (χ1n) is 11.5. The van der Waals surface area contributed by atoms with Crippen molar-refractivity contribution >= 4 is 33.1 Å². The summed E-state index contributed by atoms with van der Waals surface area (Å²) in [6.45, 7) is 6.75. The summed E-state index contributed by atoms with van der Waals surface area (Å²) in [6, 6.07) is 8.88. The Balaban J connectivity index is 1.53. The zero-order valence-corrected chi connectivity index (χ0v) is 20.6. The number of anilines is 2.